The maximum absolute atomic E-state index is 13.2. The van der Waals surface area contributed by atoms with Crippen LogP contribution in [0, 0.1) is 12.8 Å². The summed E-state index contributed by atoms with van der Waals surface area (Å²) in [5, 5.41) is 3.16. The number of amides is 1. The lowest BCUT2D eigenvalue weighted by atomic mass is 9.78. The molecule has 3 heteroatoms. The van der Waals surface area contributed by atoms with Gasteiger partial charge in [-0.3, -0.25) is 4.79 Å². The molecule has 0 radical (unpaired) electrons. The first kappa shape index (κ1) is 18.5. The summed E-state index contributed by atoms with van der Waals surface area (Å²) in [5.74, 6) is 1.48. The van der Waals surface area contributed by atoms with Crippen LogP contribution in [0.1, 0.15) is 50.7 Å². The molecule has 1 fully saturated rings. The van der Waals surface area contributed by atoms with Crippen molar-refractivity contribution >= 4 is 11.6 Å². The average Bonchev–Trinajstić information content (AvgIpc) is 3.13. The lowest BCUT2D eigenvalue weighted by Crippen LogP contribution is -2.37. The van der Waals surface area contributed by atoms with E-state index in [9.17, 15) is 4.79 Å². The Morgan fingerprint density at radius 1 is 1.12 bits per heavy atom. The largest absolute Gasteiger partial charge is 0.493 e. The summed E-state index contributed by atoms with van der Waals surface area (Å²) in [6.07, 6.45) is 4.03. The minimum Gasteiger partial charge on any atom is -0.493 e. The number of carbonyl (C=O) groups excluding carboxylic acids is 1. The molecule has 3 rings (SSSR count). The maximum atomic E-state index is 13.2. The third-order valence-corrected chi connectivity index (χ3v) is 5.22. The lowest BCUT2D eigenvalue weighted by Gasteiger charge is -2.28. The molecule has 2 aromatic carbocycles. The van der Waals surface area contributed by atoms with Crippen LogP contribution in [0.5, 0.6) is 5.75 Å². The molecule has 0 bridgehead atoms. The quantitative estimate of drug-likeness (QED) is 0.748. The lowest BCUT2D eigenvalue weighted by molar-refractivity contribution is -0.121. The van der Waals surface area contributed by atoms with E-state index in [4.69, 9.17) is 4.74 Å². The van der Waals surface area contributed by atoms with Gasteiger partial charge in [0.25, 0.3) is 0 Å². The summed E-state index contributed by atoms with van der Waals surface area (Å²) in [6, 6.07) is 16.1. The molecule has 1 aliphatic rings. The van der Waals surface area contributed by atoms with Crippen LogP contribution in [0.25, 0.3) is 0 Å². The molecular formula is C23H29NO2. The smallest absolute Gasteiger partial charge is 0.235 e. The standard InChI is InChI=1S/C23H29NO2/c1-17(2)16-26-21-12-11-20(15-18(21)3)24-22(25)23(13-7-8-14-23)19-9-5-4-6-10-19/h4-6,9-12,15,17H,7-8,13-14,16H2,1-3H3,(H,24,25). The Morgan fingerprint density at radius 3 is 2.42 bits per heavy atom. The molecule has 26 heavy (non-hydrogen) atoms. The van der Waals surface area contributed by atoms with E-state index in [1.165, 1.54) is 0 Å². The van der Waals surface area contributed by atoms with Crippen LogP contribution in [-0.2, 0) is 10.2 Å². The first-order valence-corrected chi connectivity index (χ1v) is 9.62. The number of benzene rings is 2. The summed E-state index contributed by atoms with van der Waals surface area (Å²) in [7, 11) is 0. The molecule has 0 heterocycles. The zero-order chi connectivity index (χ0) is 18.6. The van der Waals surface area contributed by atoms with E-state index in [-0.39, 0.29) is 5.91 Å². The second kappa shape index (κ2) is 7.94. The van der Waals surface area contributed by atoms with Gasteiger partial charge in [-0.2, -0.15) is 0 Å². The van der Waals surface area contributed by atoms with Gasteiger partial charge in [0.05, 0.1) is 12.0 Å². The molecule has 2 aromatic rings. The highest BCUT2D eigenvalue weighted by atomic mass is 16.5. The van der Waals surface area contributed by atoms with Crippen LogP contribution in [0.4, 0.5) is 5.69 Å². The summed E-state index contributed by atoms with van der Waals surface area (Å²) in [4.78, 5) is 13.2. The third-order valence-electron chi connectivity index (χ3n) is 5.22. The van der Waals surface area contributed by atoms with E-state index in [1.54, 1.807) is 0 Å². The van der Waals surface area contributed by atoms with Crippen molar-refractivity contribution in [2.45, 2.75) is 51.9 Å². The van der Waals surface area contributed by atoms with Crippen molar-refractivity contribution < 1.29 is 9.53 Å². The highest BCUT2D eigenvalue weighted by Crippen LogP contribution is 2.42. The van der Waals surface area contributed by atoms with Crippen molar-refractivity contribution in [3.05, 3.63) is 59.7 Å². The topological polar surface area (TPSA) is 38.3 Å². The molecule has 0 aromatic heterocycles. The number of carbonyl (C=O) groups is 1. The predicted octanol–water partition coefficient (Wildman–Crippen LogP) is 5.48. The van der Waals surface area contributed by atoms with Crippen molar-refractivity contribution in [1.29, 1.82) is 0 Å². The molecule has 0 spiro atoms. The van der Waals surface area contributed by atoms with Crippen molar-refractivity contribution in [2.24, 2.45) is 5.92 Å². The summed E-state index contributed by atoms with van der Waals surface area (Å²) in [6.45, 7) is 6.99. The molecule has 0 aliphatic heterocycles. The van der Waals surface area contributed by atoms with Crippen LogP contribution in [0.15, 0.2) is 48.5 Å². The highest BCUT2D eigenvalue weighted by Gasteiger charge is 2.42. The Bertz CT molecular complexity index is 746. The summed E-state index contributed by atoms with van der Waals surface area (Å²) >= 11 is 0. The fourth-order valence-electron chi connectivity index (χ4n) is 3.78. The van der Waals surface area contributed by atoms with Gasteiger partial charge in [0.2, 0.25) is 5.91 Å². The van der Waals surface area contributed by atoms with Crippen molar-refractivity contribution in [3.63, 3.8) is 0 Å². The van der Waals surface area contributed by atoms with E-state index in [0.717, 1.165) is 48.2 Å². The Balaban J connectivity index is 1.77. The van der Waals surface area contributed by atoms with Gasteiger partial charge in [0.15, 0.2) is 0 Å². The fourth-order valence-corrected chi connectivity index (χ4v) is 3.78. The number of nitrogens with one attached hydrogen (secondary N) is 1. The van der Waals surface area contributed by atoms with Gasteiger partial charge in [-0.1, -0.05) is 57.0 Å². The van der Waals surface area contributed by atoms with E-state index in [0.29, 0.717) is 12.5 Å². The maximum Gasteiger partial charge on any atom is 0.235 e. The van der Waals surface area contributed by atoms with Crippen molar-refractivity contribution in [2.75, 3.05) is 11.9 Å². The molecule has 1 amide bonds. The van der Waals surface area contributed by atoms with Gasteiger partial charge < -0.3 is 10.1 Å². The average molecular weight is 351 g/mol. The van der Waals surface area contributed by atoms with E-state index in [1.807, 2.05) is 43.3 Å². The van der Waals surface area contributed by atoms with Crippen LogP contribution in [-0.4, -0.2) is 12.5 Å². The van der Waals surface area contributed by atoms with E-state index < -0.39 is 5.41 Å². The molecule has 138 valence electrons. The number of anilines is 1. The minimum absolute atomic E-state index is 0.108. The van der Waals surface area contributed by atoms with Crippen molar-refractivity contribution in [1.82, 2.24) is 0 Å². The van der Waals surface area contributed by atoms with Crippen LogP contribution in [0.2, 0.25) is 0 Å². The number of aryl methyl sites for hydroxylation is 1. The van der Waals surface area contributed by atoms with Gasteiger partial charge in [-0.05, 0) is 55.0 Å². The monoisotopic (exact) mass is 351 g/mol. The molecule has 0 atom stereocenters. The van der Waals surface area contributed by atoms with Crippen molar-refractivity contribution in [3.8, 4) is 5.75 Å². The Kier molecular flexibility index (Phi) is 5.65. The zero-order valence-electron chi connectivity index (χ0n) is 16.0. The summed E-state index contributed by atoms with van der Waals surface area (Å²) < 4.78 is 5.83. The summed E-state index contributed by atoms with van der Waals surface area (Å²) in [5.41, 5.74) is 2.61. The van der Waals surface area contributed by atoms with Gasteiger partial charge in [0, 0.05) is 5.69 Å². The molecule has 0 unspecified atom stereocenters. The second-order valence-corrected chi connectivity index (χ2v) is 7.79. The fraction of sp³-hybridized carbons (Fsp3) is 0.435. The SMILES string of the molecule is Cc1cc(NC(=O)C2(c3ccccc3)CCCC2)ccc1OCC(C)C. The molecule has 1 aliphatic carbocycles. The number of hydrogen-bond donors (Lipinski definition) is 1. The van der Waals surface area contributed by atoms with Crippen LogP contribution < -0.4 is 10.1 Å². The van der Waals surface area contributed by atoms with Gasteiger partial charge >= 0.3 is 0 Å². The third kappa shape index (κ3) is 3.92. The van der Waals surface area contributed by atoms with E-state index >= 15 is 0 Å². The molecule has 1 saturated carbocycles. The van der Waals surface area contributed by atoms with Gasteiger partial charge in [0.1, 0.15) is 5.75 Å². The molecule has 1 N–H and O–H groups in total. The normalized spacial score (nSPS) is 15.8. The predicted molar refractivity (Wildman–Crippen MR) is 107 cm³/mol. The highest BCUT2D eigenvalue weighted by molar-refractivity contribution is 5.99. The minimum atomic E-state index is -0.401. The molecular weight excluding hydrogens is 322 g/mol. The number of ether oxygens (including phenoxy) is 1. The number of rotatable bonds is 6. The zero-order valence-corrected chi connectivity index (χ0v) is 16.0. The van der Waals surface area contributed by atoms with Gasteiger partial charge in [-0.25, -0.2) is 0 Å². The van der Waals surface area contributed by atoms with Crippen LogP contribution >= 0.6 is 0 Å². The molecule has 0 saturated heterocycles. The van der Waals surface area contributed by atoms with Gasteiger partial charge in [-0.15, -0.1) is 0 Å². The van der Waals surface area contributed by atoms with E-state index in [2.05, 4.69) is 31.3 Å². The Labute approximate surface area is 156 Å². The number of hydrogen-bond acceptors (Lipinski definition) is 2. The molecule has 3 nitrogen and oxygen atoms in total. The second-order valence-electron chi connectivity index (χ2n) is 7.79. The van der Waals surface area contributed by atoms with Crippen LogP contribution in [0.3, 0.4) is 0 Å². The Morgan fingerprint density at radius 2 is 1.81 bits per heavy atom. The Hall–Kier alpha value is -2.29. The first-order chi connectivity index (χ1) is 12.5. The first-order valence-electron chi connectivity index (χ1n) is 9.62.